The average molecular weight is 364 g/mol. The van der Waals surface area contributed by atoms with Gasteiger partial charge in [0.25, 0.3) is 0 Å². The molecule has 2 aromatic carbocycles. The van der Waals surface area contributed by atoms with Crippen LogP contribution in [0.5, 0.6) is 5.75 Å². The minimum Gasteiger partial charge on any atom is -0.492 e. The minimum absolute atomic E-state index is 0.0929. The van der Waals surface area contributed by atoms with Gasteiger partial charge >= 0.3 is 0 Å². The Labute approximate surface area is 159 Å². The second kappa shape index (κ2) is 9.59. The first kappa shape index (κ1) is 18.7. The highest BCUT2D eigenvalue weighted by atomic mass is 16.5. The summed E-state index contributed by atoms with van der Waals surface area (Å²) in [5.74, 6) is 1.41. The van der Waals surface area contributed by atoms with Crippen LogP contribution in [0.3, 0.4) is 0 Å². The van der Waals surface area contributed by atoms with Crippen LogP contribution < -0.4 is 10.1 Å². The molecule has 0 spiro atoms. The van der Waals surface area contributed by atoms with Gasteiger partial charge in [0.1, 0.15) is 11.5 Å². The highest BCUT2D eigenvalue weighted by Crippen LogP contribution is 2.23. The Morgan fingerprint density at radius 1 is 1.00 bits per heavy atom. The van der Waals surface area contributed by atoms with E-state index in [1.165, 1.54) is 0 Å². The molecule has 3 rings (SSSR count). The normalized spacial score (nSPS) is 10.7. The van der Waals surface area contributed by atoms with Gasteiger partial charge in [-0.3, -0.25) is 9.69 Å². The first-order chi connectivity index (χ1) is 13.2. The van der Waals surface area contributed by atoms with Crippen LogP contribution in [-0.4, -0.2) is 24.0 Å². The van der Waals surface area contributed by atoms with Crippen molar-refractivity contribution in [3.63, 3.8) is 0 Å². The van der Waals surface area contributed by atoms with Crippen molar-refractivity contribution in [2.45, 2.75) is 20.0 Å². The van der Waals surface area contributed by atoms with E-state index < -0.39 is 0 Å². The number of ether oxygens (including phenoxy) is 1. The Morgan fingerprint density at radius 3 is 2.52 bits per heavy atom. The number of amides is 1. The van der Waals surface area contributed by atoms with Crippen LogP contribution in [0.2, 0.25) is 0 Å². The summed E-state index contributed by atoms with van der Waals surface area (Å²) in [6.07, 6.45) is 1.65. The van der Waals surface area contributed by atoms with Crippen LogP contribution in [0.4, 0.5) is 5.69 Å². The third-order valence-corrected chi connectivity index (χ3v) is 4.04. The Morgan fingerprint density at radius 2 is 1.78 bits per heavy atom. The summed E-state index contributed by atoms with van der Waals surface area (Å²) < 4.78 is 11.0. The number of anilines is 1. The molecule has 5 heteroatoms. The number of rotatable bonds is 9. The van der Waals surface area contributed by atoms with Gasteiger partial charge in [0, 0.05) is 6.54 Å². The number of furan rings is 1. The van der Waals surface area contributed by atoms with Crippen LogP contribution in [0.1, 0.15) is 18.2 Å². The fourth-order valence-electron chi connectivity index (χ4n) is 2.88. The van der Waals surface area contributed by atoms with E-state index in [0.29, 0.717) is 31.1 Å². The SMILES string of the molecule is CCOc1ccccc1NC(=O)CN(Cc1ccccc1)Cc1ccco1. The topological polar surface area (TPSA) is 54.7 Å². The van der Waals surface area contributed by atoms with E-state index >= 15 is 0 Å². The fraction of sp³-hybridized carbons (Fsp3) is 0.227. The lowest BCUT2D eigenvalue weighted by molar-refractivity contribution is -0.117. The van der Waals surface area contributed by atoms with E-state index in [-0.39, 0.29) is 12.5 Å². The lowest BCUT2D eigenvalue weighted by atomic mass is 10.2. The minimum atomic E-state index is -0.0929. The summed E-state index contributed by atoms with van der Waals surface area (Å²) in [4.78, 5) is 14.7. The molecule has 1 heterocycles. The van der Waals surface area contributed by atoms with Crippen molar-refractivity contribution >= 4 is 11.6 Å². The van der Waals surface area contributed by atoms with Crippen molar-refractivity contribution in [1.82, 2.24) is 4.90 Å². The van der Waals surface area contributed by atoms with Crippen LogP contribution in [0, 0.1) is 0 Å². The van der Waals surface area contributed by atoms with Crippen molar-refractivity contribution in [2.75, 3.05) is 18.5 Å². The standard InChI is InChI=1S/C22H24N2O3/c1-2-26-21-13-7-6-12-20(21)23-22(25)17-24(16-19-11-8-14-27-19)15-18-9-4-3-5-10-18/h3-14H,2,15-17H2,1H3,(H,23,25). The molecule has 0 aliphatic carbocycles. The molecule has 0 fully saturated rings. The summed E-state index contributed by atoms with van der Waals surface area (Å²) in [5, 5.41) is 2.95. The molecular formula is C22H24N2O3. The molecule has 140 valence electrons. The third kappa shape index (κ3) is 5.72. The van der Waals surface area contributed by atoms with Gasteiger partial charge in [-0.05, 0) is 36.8 Å². The molecule has 0 radical (unpaired) electrons. The number of nitrogens with zero attached hydrogens (tertiary/aromatic N) is 1. The summed E-state index contributed by atoms with van der Waals surface area (Å²) >= 11 is 0. The summed E-state index contributed by atoms with van der Waals surface area (Å²) in [6.45, 7) is 3.93. The zero-order valence-corrected chi connectivity index (χ0v) is 15.4. The largest absolute Gasteiger partial charge is 0.492 e. The molecule has 27 heavy (non-hydrogen) atoms. The molecule has 0 aliphatic rings. The maximum Gasteiger partial charge on any atom is 0.238 e. The fourth-order valence-corrected chi connectivity index (χ4v) is 2.88. The number of para-hydroxylation sites is 2. The second-order valence-electron chi connectivity index (χ2n) is 6.19. The van der Waals surface area contributed by atoms with Gasteiger partial charge < -0.3 is 14.5 Å². The number of carbonyl (C=O) groups excluding carboxylic acids is 1. The van der Waals surface area contributed by atoms with Gasteiger partial charge in [-0.2, -0.15) is 0 Å². The maximum absolute atomic E-state index is 12.7. The molecule has 0 saturated carbocycles. The van der Waals surface area contributed by atoms with Crippen LogP contribution in [-0.2, 0) is 17.9 Å². The number of nitrogens with one attached hydrogen (secondary N) is 1. The molecule has 1 N–H and O–H groups in total. The molecule has 0 aliphatic heterocycles. The van der Waals surface area contributed by atoms with Crippen molar-refractivity contribution in [3.05, 3.63) is 84.3 Å². The zero-order valence-electron chi connectivity index (χ0n) is 15.4. The molecule has 0 saturated heterocycles. The summed E-state index contributed by atoms with van der Waals surface area (Å²) in [7, 11) is 0. The molecule has 0 atom stereocenters. The van der Waals surface area contributed by atoms with Gasteiger partial charge in [0.05, 0.1) is 31.6 Å². The van der Waals surface area contributed by atoms with E-state index in [1.54, 1.807) is 6.26 Å². The molecule has 1 amide bonds. The predicted molar refractivity (Wildman–Crippen MR) is 106 cm³/mol. The monoisotopic (exact) mass is 364 g/mol. The Kier molecular flexibility index (Phi) is 6.66. The Hall–Kier alpha value is -3.05. The molecule has 5 nitrogen and oxygen atoms in total. The van der Waals surface area contributed by atoms with Gasteiger partial charge in [0.15, 0.2) is 0 Å². The molecule has 3 aromatic rings. The third-order valence-electron chi connectivity index (χ3n) is 4.04. The highest BCUT2D eigenvalue weighted by Gasteiger charge is 2.15. The van der Waals surface area contributed by atoms with E-state index in [1.807, 2.05) is 66.4 Å². The summed E-state index contributed by atoms with van der Waals surface area (Å²) in [5.41, 5.74) is 1.83. The first-order valence-electron chi connectivity index (χ1n) is 9.05. The molecular weight excluding hydrogens is 340 g/mol. The quantitative estimate of drug-likeness (QED) is 0.614. The number of carbonyl (C=O) groups is 1. The Balaban J connectivity index is 1.68. The summed E-state index contributed by atoms with van der Waals surface area (Å²) in [6, 6.07) is 21.3. The van der Waals surface area contributed by atoms with Crippen LogP contribution in [0.25, 0.3) is 0 Å². The second-order valence-corrected chi connectivity index (χ2v) is 6.19. The average Bonchev–Trinajstić information content (AvgIpc) is 3.17. The van der Waals surface area contributed by atoms with E-state index in [4.69, 9.17) is 9.15 Å². The smallest absolute Gasteiger partial charge is 0.238 e. The van der Waals surface area contributed by atoms with Gasteiger partial charge in [0.2, 0.25) is 5.91 Å². The lowest BCUT2D eigenvalue weighted by Gasteiger charge is -2.21. The highest BCUT2D eigenvalue weighted by molar-refractivity contribution is 5.93. The van der Waals surface area contributed by atoms with Gasteiger partial charge in [-0.1, -0.05) is 42.5 Å². The predicted octanol–water partition coefficient (Wildman–Crippen LogP) is 4.32. The van der Waals surface area contributed by atoms with Crippen molar-refractivity contribution in [3.8, 4) is 5.75 Å². The van der Waals surface area contributed by atoms with Gasteiger partial charge in [-0.25, -0.2) is 0 Å². The van der Waals surface area contributed by atoms with E-state index in [9.17, 15) is 4.79 Å². The number of benzene rings is 2. The van der Waals surface area contributed by atoms with Crippen molar-refractivity contribution in [2.24, 2.45) is 0 Å². The molecule has 1 aromatic heterocycles. The molecule has 0 bridgehead atoms. The number of hydrogen-bond donors (Lipinski definition) is 1. The molecule has 0 unspecified atom stereocenters. The zero-order chi connectivity index (χ0) is 18.9. The van der Waals surface area contributed by atoms with Crippen LogP contribution >= 0.6 is 0 Å². The van der Waals surface area contributed by atoms with E-state index in [2.05, 4.69) is 17.4 Å². The van der Waals surface area contributed by atoms with E-state index in [0.717, 1.165) is 11.3 Å². The first-order valence-corrected chi connectivity index (χ1v) is 9.05. The number of hydrogen-bond acceptors (Lipinski definition) is 4. The van der Waals surface area contributed by atoms with Crippen LogP contribution in [0.15, 0.2) is 77.4 Å². The lowest BCUT2D eigenvalue weighted by Crippen LogP contribution is -2.32. The van der Waals surface area contributed by atoms with Crippen molar-refractivity contribution in [1.29, 1.82) is 0 Å². The van der Waals surface area contributed by atoms with Gasteiger partial charge in [-0.15, -0.1) is 0 Å². The Bertz CT molecular complexity index is 832. The van der Waals surface area contributed by atoms with Crippen molar-refractivity contribution < 1.29 is 13.9 Å². The maximum atomic E-state index is 12.7.